The van der Waals surface area contributed by atoms with Gasteiger partial charge >= 0.3 is 0 Å². The largest absolute Gasteiger partial charge is 0.368 e. The molecule has 3 aliphatic heterocycles. The highest BCUT2D eigenvalue weighted by molar-refractivity contribution is 8.04. The number of hydrogen-bond donors (Lipinski definition) is 2. The van der Waals surface area contributed by atoms with E-state index in [1.165, 1.54) is 24.0 Å². The van der Waals surface area contributed by atoms with Crippen LogP contribution in [0.3, 0.4) is 0 Å². The van der Waals surface area contributed by atoms with Crippen LogP contribution < -0.4 is 21.3 Å². The summed E-state index contributed by atoms with van der Waals surface area (Å²) in [6.07, 6.45) is 10.6. The maximum atomic E-state index is 14.1. The van der Waals surface area contributed by atoms with E-state index in [1.54, 1.807) is 12.4 Å². The first-order valence-electron chi connectivity index (χ1n) is 8.09. The van der Waals surface area contributed by atoms with Crippen molar-refractivity contribution in [2.45, 2.75) is 24.3 Å². The molecule has 4 heterocycles. The zero-order valence-corrected chi connectivity index (χ0v) is 14.0. The summed E-state index contributed by atoms with van der Waals surface area (Å²) in [6.45, 7) is 1.74. The fourth-order valence-corrected chi connectivity index (χ4v) is 4.36. The van der Waals surface area contributed by atoms with Crippen molar-refractivity contribution < 1.29 is 4.39 Å². The fraction of sp³-hybridized carbons (Fsp3) is 0.353. The summed E-state index contributed by atoms with van der Waals surface area (Å²) >= 11 is 1.46. The van der Waals surface area contributed by atoms with Gasteiger partial charge in [-0.2, -0.15) is 0 Å². The molecule has 1 unspecified atom stereocenters. The Labute approximate surface area is 144 Å². The minimum atomic E-state index is -0.283. The van der Waals surface area contributed by atoms with Crippen molar-refractivity contribution in [3.05, 3.63) is 53.2 Å². The molecule has 1 aromatic rings. The number of nitrogens with two attached hydrogens (primary N) is 2. The zero-order chi connectivity index (χ0) is 16.7. The Morgan fingerprint density at radius 1 is 1.29 bits per heavy atom. The number of pyridine rings is 1. The van der Waals surface area contributed by atoms with Gasteiger partial charge in [-0.1, -0.05) is 0 Å². The van der Waals surface area contributed by atoms with Crippen LogP contribution in [0.1, 0.15) is 12.8 Å². The number of allylic oxidation sites excluding steroid dienone is 2. The molecule has 3 aliphatic rings. The normalized spacial score (nSPS) is 26.7. The van der Waals surface area contributed by atoms with Crippen LogP contribution in [-0.4, -0.2) is 29.5 Å². The predicted octanol–water partition coefficient (Wildman–Crippen LogP) is 2.44. The average Bonchev–Trinajstić information content (AvgIpc) is 2.94. The lowest BCUT2D eigenvalue weighted by atomic mass is 10.1. The highest BCUT2D eigenvalue weighted by Crippen LogP contribution is 2.44. The predicted molar refractivity (Wildman–Crippen MR) is 97.1 cm³/mol. The third kappa shape index (κ3) is 2.83. The van der Waals surface area contributed by atoms with E-state index in [2.05, 4.69) is 9.88 Å². The third-order valence-corrected chi connectivity index (χ3v) is 5.44. The van der Waals surface area contributed by atoms with E-state index in [4.69, 9.17) is 11.5 Å². The van der Waals surface area contributed by atoms with Crippen LogP contribution in [0, 0.1) is 0 Å². The van der Waals surface area contributed by atoms with Gasteiger partial charge in [0.05, 0.1) is 28.6 Å². The van der Waals surface area contributed by atoms with Crippen LogP contribution in [-0.2, 0) is 0 Å². The first kappa shape index (κ1) is 15.7. The molecule has 2 atom stereocenters. The lowest BCUT2D eigenvalue weighted by molar-refractivity contribution is 0.506. The van der Waals surface area contributed by atoms with Gasteiger partial charge in [0.1, 0.15) is 5.83 Å². The topological polar surface area (TPSA) is 71.4 Å². The maximum Gasteiger partial charge on any atom is 0.140 e. The number of anilines is 2. The molecule has 0 saturated carbocycles. The summed E-state index contributed by atoms with van der Waals surface area (Å²) in [7, 11) is 0. The Balaban J connectivity index is 1.74. The SMILES string of the molecule is NC1C=C2C(=CC(F)=CN2c2cnccc2N2CCC[C@@H](N)C2)S1. The van der Waals surface area contributed by atoms with Crippen LogP contribution in [0.15, 0.2) is 53.2 Å². The quantitative estimate of drug-likeness (QED) is 0.858. The average molecular weight is 345 g/mol. The van der Waals surface area contributed by atoms with E-state index in [0.717, 1.165) is 47.9 Å². The van der Waals surface area contributed by atoms with Gasteiger partial charge < -0.3 is 21.3 Å². The number of fused-ring (bicyclic) bond motifs is 1. The van der Waals surface area contributed by atoms with Crippen LogP contribution in [0.25, 0.3) is 0 Å². The van der Waals surface area contributed by atoms with Crippen LogP contribution >= 0.6 is 11.8 Å². The summed E-state index contributed by atoms with van der Waals surface area (Å²) in [5.74, 6) is -0.283. The van der Waals surface area contributed by atoms with Gasteiger partial charge in [0, 0.05) is 36.4 Å². The van der Waals surface area contributed by atoms with E-state index in [-0.39, 0.29) is 17.2 Å². The molecule has 7 heteroatoms. The molecule has 1 aromatic heterocycles. The van der Waals surface area contributed by atoms with Gasteiger partial charge in [0.15, 0.2) is 0 Å². The van der Waals surface area contributed by atoms with Gasteiger partial charge in [-0.25, -0.2) is 4.39 Å². The molecule has 1 fully saturated rings. The molecule has 1 saturated heterocycles. The number of thioether (sulfide) groups is 1. The summed E-state index contributed by atoms with van der Waals surface area (Å²) < 4.78 is 14.1. The number of piperidine rings is 1. The summed E-state index contributed by atoms with van der Waals surface area (Å²) in [5.41, 5.74) is 14.9. The minimum Gasteiger partial charge on any atom is -0.368 e. The van der Waals surface area contributed by atoms with Crippen LogP contribution in [0.4, 0.5) is 15.8 Å². The monoisotopic (exact) mass is 345 g/mol. The van der Waals surface area contributed by atoms with E-state index in [1.807, 2.05) is 17.0 Å². The molecule has 0 aliphatic carbocycles. The number of aromatic nitrogens is 1. The highest BCUT2D eigenvalue weighted by atomic mass is 32.2. The van der Waals surface area contributed by atoms with Crippen LogP contribution in [0.5, 0.6) is 0 Å². The van der Waals surface area contributed by atoms with E-state index < -0.39 is 0 Å². The number of hydrogen-bond acceptors (Lipinski definition) is 6. The second kappa shape index (κ2) is 6.23. The molecule has 5 nitrogen and oxygen atoms in total. The minimum absolute atomic E-state index is 0.156. The molecule has 0 aromatic carbocycles. The van der Waals surface area contributed by atoms with Gasteiger partial charge in [0.25, 0.3) is 0 Å². The Kier molecular flexibility index (Phi) is 4.07. The highest BCUT2D eigenvalue weighted by Gasteiger charge is 2.30. The third-order valence-electron chi connectivity index (χ3n) is 4.45. The first-order chi connectivity index (χ1) is 11.6. The van der Waals surface area contributed by atoms with Crippen molar-refractivity contribution in [1.82, 2.24) is 4.98 Å². The van der Waals surface area contributed by atoms with Gasteiger partial charge in [-0.15, -0.1) is 11.8 Å². The maximum absolute atomic E-state index is 14.1. The summed E-state index contributed by atoms with van der Waals surface area (Å²) in [6, 6.07) is 2.14. The van der Waals surface area contributed by atoms with Gasteiger partial charge in [-0.05, 0) is 31.1 Å². The van der Waals surface area contributed by atoms with Crippen molar-refractivity contribution in [3.63, 3.8) is 0 Å². The molecule has 0 spiro atoms. The first-order valence-corrected chi connectivity index (χ1v) is 8.97. The lowest BCUT2D eigenvalue weighted by Crippen LogP contribution is -2.43. The molecule has 24 heavy (non-hydrogen) atoms. The second-order valence-electron chi connectivity index (χ2n) is 6.24. The van der Waals surface area contributed by atoms with Crippen molar-refractivity contribution >= 4 is 23.1 Å². The van der Waals surface area contributed by atoms with Gasteiger partial charge in [-0.3, -0.25) is 4.98 Å². The zero-order valence-electron chi connectivity index (χ0n) is 13.2. The Bertz CT molecular complexity index is 744. The molecule has 4 N–H and O–H groups in total. The number of halogens is 1. The molecule has 0 amide bonds. The summed E-state index contributed by atoms with van der Waals surface area (Å²) in [5, 5.41) is -0.156. The molecule has 0 bridgehead atoms. The second-order valence-corrected chi connectivity index (χ2v) is 7.46. The van der Waals surface area contributed by atoms with E-state index in [0.29, 0.717) is 0 Å². The Morgan fingerprint density at radius 3 is 3.00 bits per heavy atom. The van der Waals surface area contributed by atoms with Crippen LogP contribution in [0.2, 0.25) is 0 Å². The molecular formula is C17H20FN5S. The Morgan fingerprint density at radius 2 is 2.17 bits per heavy atom. The van der Waals surface area contributed by atoms with E-state index >= 15 is 0 Å². The van der Waals surface area contributed by atoms with Crippen molar-refractivity contribution in [1.29, 1.82) is 0 Å². The standard InChI is InChI=1S/C17H20FN5S/c18-11-6-16-14(7-17(20)24-16)23(9-11)15-8-21-4-3-13(15)22-5-1-2-12(19)10-22/h3-4,6-9,12,17H,1-2,5,10,19-20H2/t12-,17?/m1/s1. The Hall–Kier alpha value is -1.83. The van der Waals surface area contributed by atoms with Crippen molar-refractivity contribution in [3.8, 4) is 0 Å². The lowest BCUT2D eigenvalue weighted by Gasteiger charge is -2.36. The van der Waals surface area contributed by atoms with Crippen molar-refractivity contribution in [2.24, 2.45) is 11.5 Å². The van der Waals surface area contributed by atoms with E-state index in [9.17, 15) is 4.39 Å². The molecule has 4 rings (SSSR count). The molecule has 126 valence electrons. The van der Waals surface area contributed by atoms with Gasteiger partial charge in [0.2, 0.25) is 0 Å². The van der Waals surface area contributed by atoms with Crippen molar-refractivity contribution in [2.75, 3.05) is 22.9 Å². The fourth-order valence-electron chi connectivity index (χ4n) is 3.40. The smallest absolute Gasteiger partial charge is 0.140 e. The molecule has 0 radical (unpaired) electrons. The molecular weight excluding hydrogens is 325 g/mol. The number of nitrogens with zero attached hydrogens (tertiary/aromatic N) is 3. The summed E-state index contributed by atoms with van der Waals surface area (Å²) in [4.78, 5) is 9.23. The number of rotatable bonds is 2.